The van der Waals surface area contributed by atoms with E-state index in [4.69, 9.17) is 4.98 Å². The molecule has 1 nitrogen and oxygen atoms in total. The van der Waals surface area contributed by atoms with Gasteiger partial charge in [-0.25, -0.2) is 4.98 Å². The Kier molecular flexibility index (Phi) is 8.28. The number of hydrogen-bond donors (Lipinski definition) is 0. The van der Waals surface area contributed by atoms with Crippen molar-refractivity contribution in [3.8, 4) is 0 Å². The molecule has 2 aromatic rings. The highest BCUT2D eigenvalue weighted by Gasteiger charge is 2.20. The molecule has 0 N–H and O–H groups in total. The van der Waals surface area contributed by atoms with Crippen molar-refractivity contribution < 1.29 is 0 Å². The Balaban J connectivity index is 1.67. The molecule has 0 atom stereocenters. The minimum absolute atomic E-state index is 0.325. The molecule has 0 aliphatic heterocycles. The van der Waals surface area contributed by atoms with Crippen LogP contribution in [0.1, 0.15) is 72.1 Å². The average molecular weight is 368 g/mol. The topological polar surface area (TPSA) is 12.9 Å². The second-order valence-corrected chi connectivity index (χ2v) is 10.9. The Bertz CT molecular complexity index is 544. The molecule has 0 bridgehead atoms. The van der Waals surface area contributed by atoms with Crippen LogP contribution in [0.2, 0.25) is 0 Å². The van der Waals surface area contributed by atoms with E-state index in [1.54, 1.807) is 0 Å². The molecule has 2 rings (SSSR count). The first-order valence-electron chi connectivity index (χ1n) is 8.82. The molecule has 0 spiro atoms. The van der Waals surface area contributed by atoms with Crippen LogP contribution in [0.4, 0.5) is 0 Å². The number of rotatable bonds is 11. The van der Waals surface area contributed by atoms with Gasteiger partial charge in [0.15, 0.2) is 4.34 Å². The number of fused-ring (bicyclic) bond motifs is 1. The molecule has 0 saturated heterocycles. The third-order valence-corrected chi connectivity index (χ3v) is 8.69. The van der Waals surface area contributed by atoms with Crippen LogP contribution in [0.15, 0.2) is 28.6 Å². The van der Waals surface area contributed by atoms with Gasteiger partial charge in [0.1, 0.15) is 0 Å². The molecular formula is C19H29NS3. The molecule has 128 valence electrons. The highest BCUT2D eigenvalue weighted by molar-refractivity contribution is 8.77. The Morgan fingerprint density at radius 2 is 1.70 bits per heavy atom. The van der Waals surface area contributed by atoms with Gasteiger partial charge in [-0.05, 0) is 43.2 Å². The van der Waals surface area contributed by atoms with Crippen molar-refractivity contribution in [1.82, 2.24) is 4.98 Å². The fourth-order valence-electron chi connectivity index (χ4n) is 2.58. The number of nitrogens with zero attached hydrogens (tertiary/aromatic N) is 1. The quantitative estimate of drug-likeness (QED) is 0.295. The van der Waals surface area contributed by atoms with Crippen LogP contribution >= 0.6 is 32.9 Å². The normalized spacial score (nSPS) is 12.1. The fourth-order valence-corrected chi connectivity index (χ4v) is 6.21. The summed E-state index contributed by atoms with van der Waals surface area (Å²) < 4.78 is 2.80. The summed E-state index contributed by atoms with van der Waals surface area (Å²) in [5.74, 6) is 0. The number of hydrogen-bond acceptors (Lipinski definition) is 4. The highest BCUT2D eigenvalue weighted by atomic mass is 33.1. The Labute approximate surface area is 153 Å². The first-order chi connectivity index (χ1) is 11.1. The minimum atomic E-state index is 0.325. The minimum Gasteiger partial charge on any atom is -0.229 e. The largest absolute Gasteiger partial charge is 0.229 e. The number of thiazole rings is 1. The van der Waals surface area contributed by atoms with E-state index in [0.717, 1.165) is 5.52 Å². The zero-order valence-electron chi connectivity index (χ0n) is 14.6. The van der Waals surface area contributed by atoms with E-state index in [1.165, 1.54) is 60.4 Å². The standard InChI is InChI=1S/C19H29NS3/c1-4-5-6-7-8-9-12-15-19(2,3)23-22-18-20-16-13-10-11-14-17(16)21-18/h10-11,13-14H,4-9,12,15H2,1-3H3. The molecule has 0 saturated carbocycles. The smallest absolute Gasteiger partial charge is 0.161 e. The summed E-state index contributed by atoms with van der Waals surface area (Å²) in [5, 5.41) is 0. The van der Waals surface area contributed by atoms with Crippen molar-refractivity contribution in [2.24, 2.45) is 0 Å². The van der Waals surface area contributed by atoms with Crippen LogP contribution in [0.5, 0.6) is 0 Å². The fraction of sp³-hybridized carbons (Fsp3) is 0.632. The zero-order chi connectivity index (χ0) is 16.5. The third kappa shape index (κ3) is 7.06. The maximum absolute atomic E-state index is 4.71. The van der Waals surface area contributed by atoms with Gasteiger partial charge in [0.2, 0.25) is 0 Å². The molecule has 4 heteroatoms. The highest BCUT2D eigenvalue weighted by Crippen LogP contribution is 2.45. The molecule has 0 amide bonds. The lowest BCUT2D eigenvalue weighted by Crippen LogP contribution is -2.12. The van der Waals surface area contributed by atoms with E-state index < -0.39 is 0 Å². The van der Waals surface area contributed by atoms with Gasteiger partial charge in [-0.1, -0.05) is 74.8 Å². The van der Waals surface area contributed by atoms with Gasteiger partial charge < -0.3 is 0 Å². The first kappa shape index (κ1) is 19.1. The maximum Gasteiger partial charge on any atom is 0.161 e. The molecule has 0 unspecified atom stereocenters. The van der Waals surface area contributed by atoms with E-state index in [9.17, 15) is 0 Å². The predicted molar refractivity (Wildman–Crippen MR) is 110 cm³/mol. The Morgan fingerprint density at radius 3 is 2.43 bits per heavy atom. The van der Waals surface area contributed by atoms with Crippen LogP contribution in [0.3, 0.4) is 0 Å². The Morgan fingerprint density at radius 1 is 1.00 bits per heavy atom. The average Bonchev–Trinajstić information content (AvgIpc) is 2.95. The lowest BCUT2D eigenvalue weighted by Gasteiger charge is -2.22. The summed E-state index contributed by atoms with van der Waals surface area (Å²) in [5.41, 5.74) is 1.13. The molecule has 1 heterocycles. The molecule has 23 heavy (non-hydrogen) atoms. The van der Waals surface area contributed by atoms with Gasteiger partial charge in [-0.2, -0.15) is 0 Å². The van der Waals surface area contributed by atoms with Crippen LogP contribution < -0.4 is 0 Å². The molecule has 0 radical (unpaired) electrons. The van der Waals surface area contributed by atoms with Gasteiger partial charge in [0, 0.05) is 4.75 Å². The van der Waals surface area contributed by atoms with Crippen molar-refractivity contribution in [2.45, 2.75) is 81.2 Å². The number of para-hydroxylation sites is 1. The van der Waals surface area contributed by atoms with Crippen LogP contribution in [-0.2, 0) is 0 Å². The molecule has 1 aromatic heterocycles. The zero-order valence-corrected chi connectivity index (χ0v) is 17.1. The van der Waals surface area contributed by atoms with E-state index >= 15 is 0 Å². The van der Waals surface area contributed by atoms with E-state index in [1.807, 2.05) is 32.9 Å². The van der Waals surface area contributed by atoms with E-state index in [-0.39, 0.29) is 0 Å². The van der Waals surface area contributed by atoms with Crippen LogP contribution in [0.25, 0.3) is 10.2 Å². The predicted octanol–water partition coefficient (Wildman–Crippen LogP) is 7.96. The summed E-state index contributed by atoms with van der Waals surface area (Å²) in [7, 11) is 3.84. The van der Waals surface area contributed by atoms with Crippen molar-refractivity contribution in [1.29, 1.82) is 0 Å². The van der Waals surface area contributed by atoms with Crippen molar-refractivity contribution in [3.05, 3.63) is 24.3 Å². The molecule has 0 aliphatic carbocycles. The van der Waals surface area contributed by atoms with E-state index in [0.29, 0.717) is 4.75 Å². The summed E-state index contributed by atoms with van der Waals surface area (Å²) in [4.78, 5) is 4.71. The monoisotopic (exact) mass is 367 g/mol. The van der Waals surface area contributed by atoms with Crippen LogP contribution in [-0.4, -0.2) is 9.73 Å². The van der Waals surface area contributed by atoms with Gasteiger partial charge in [0.05, 0.1) is 10.2 Å². The van der Waals surface area contributed by atoms with Gasteiger partial charge in [0.25, 0.3) is 0 Å². The van der Waals surface area contributed by atoms with Crippen molar-refractivity contribution in [2.75, 3.05) is 0 Å². The number of aromatic nitrogens is 1. The Hall–Kier alpha value is -0.190. The summed E-state index contributed by atoms with van der Waals surface area (Å²) in [6.07, 6.45) is 11.0. The second kappa shape index (κ2) is 9.95. The summed E-state index contributed by atoms with van der Waals surface area (Å²) in [6, 6.07) is 8.41. The molecule has 1 aromatic carbocycles. The molecule has 0 aliphatic rings. The summed E-state index contributed by atoms with van der Waals surface area (Å²) in [6.45, 7) is 7.02. The van der Waals surface area contributed by atoms with Gasteiger partial charge in [-0.15, -0.1) is 11.3 Å². The van der Waals surface area contributed by atoms with Crippen molar-refractivity contribution in [3.63, 3.8) is 0 Å². The van der Waals surface area contributed by atoms with Crippen molar-refractivity contribution >= 4 is 43.1 Å². The third-order valence-electron chi connectivity index (χ3n) is 4.00. The number of unbranched alkanes of at least 4 members (excludes halogenated alkanes) is 6. The van der Waals surface area contributed by atoms with Gasteiger partial charge >= 0.3 is 0 Å². The molecular weight excluding hydrogens is 338 g/mol. The van der Waals surface area contributed by atoms with Crippen LogP contribution in [0, 0.1) is 0 Å². The maximum atomic E-state index is 4.71. The van der Waals surface area contributed by atoms with Gasteiger partial charge in [-0.3, -0.25) is 0 Å². The lowest BCUT2D eigenvalue weighted by molar-refractivity contribution is 0.538. The molecule has 0 fully saturated rings. The number of benzene rings is 1. The SMILES string of the molecule is CCCCCCCCCC(C)(C)SSc1nc2ccccc2s1. The summed E-state index contributed by atoms with van der Waals surface area (Å²) >= 11 is 1.81. The van der Waals surface area contributed by atoms with E-state index in [2.05, 4.69) is 45.0 Å². The lowest BCUT2D eigenvalue weighted by atomic mass is 10.0. The second-order valence-electron chi connectivity index (χ2n) is 6.75. The first-order valence-corrected chi connectivity index (χ1v) is 11.8.